The molecule has 5 rings (SSSR count). The summed E-state index contributed by atoms with van der Waals surface area (Å²) in [5.74, 6) is 3.73. The quantitative estimate of drug-likeness (QED) is 0.435. The molecule has 0 saturated heterocycles. The van der Waals surface area contributed by atoms with Gasteiger partial charge in [-0.25, -0.2) is 0 Å². The van der Waals surface area contributed by atoms with Crippen molar-refractivity contribution in [2.24, 2.45) is 35.0 Å². The van der Waals surface area contributed by atoms with Crippen LogP contribution in [0.4, 0.5) is 0 Å². The number of rotatable bonds is 4. The maximum absolute atomic E-state index is 13.3. The van der Waals surface area contributed by atoms with Crippen molar-refractivity contribution in [3.05, 3.63) is 11.6 Å². The lowest BCUT2D eigenvalue weighted by atomic mass is 9.56. The molecule has 4 fully saturated rings. The normalized spacial score (nSPS) is 42.3. The molecule has 0 aliphatic heterocycles. The van der Waals surface area contributed by atoms with Crippen molar-refractivity contribution in [1.82, 2.24) is 0 Å². The van der Waals surface area contributed by atoms with Gasteiger partial charge in [-0.15, -0.1) is 0 Å². The van der Waals surface area contributed by atoms with Gasteiger partial charge in [0.25, 0.3) is 0 Å². The number of carbonyl (C=O) groups excluding carboxylic acids is 1. The fourth-order valence-corrected chi connectivity index (χ4v) is 6.54. The Kier molecular flexibility index (Phi) is 4.77. The molecule has 0 heterocycles. The first-order valence-electron chi connectivity index (χ1n) is 11.3. The van der Waals surface area contributed by atoms with E-state index in [9.17, 15) is 4.79 Å². The first-order valence-corrected chi connectivity index (χ1v) is 11.3. The lowest BCUT2D eigenvalue weighted by Crippen LogP contribution is -2.56. The average Bonchev–Trinajstić information content (AvgIpc) is 2.83. The van der Waals surface area contributed by atoms with E-state index in [1.54, 1.807) is 0 Å². The Hall–Kier alpha value is -0.790. The summed E-state index contributed by atoms with van der Waals surface area (Å²) in [4.78, 5) is 13.3. The van der Waals surface area contributed by atoms with Gasteiger partial charge in [-0.3, -0.25) is 4.79 Å². The van der Waals surface area contributed by atoms with Gasteiger partial charge in [0, 0.05) is 11.8 Å². The van der Waals surface area contributed by atoms with Gasteiger partial charge in [0.05, 0.1) is 5.41 Å². The van der Waals surface area contributed by atoms with Gasteiger partial charge in [0.15, 0.2) is 0 Å². The predicted octanol–water partition coefficient (Wildman–Crippen LogP) is 6.30. The summed E-state index contributed by atoms with van der Waals surface area (Å²) in [6.07, 6.45) is 14.8. The van der Waals surface area contributed by atoms with E-state index in [2.05, 4.69) is 33.8 Å². The Bertz CT molecular complexity index is 579. The van der Waals surface area contributed by atoms with Crippen molar-refractivity contribution < 1.29 is 9.53 Å². The van der Waals surface area contributed by atoms with Crippen molar-refractivity contribution in [2.45, 2.75) is 97.5 Å². The summed E-state index contributed by atoms with van der Waals surface area (Å²) in [7, 11) is 0. The van der Waals surface area contributed by atoms with Crippen molar-refractivity contribution in [3.63, 3.8) is 0 Å². The van der Waals surface area contributed by atoms with Crippen LogP contribution in [0, 0.1) is 35.0 Å². The zero-order chi connectivity index (χ0) is 18.5. The van der Waals surface area contributed by atoms with Gasteiger partial charge in [0.2, 0.25) is 0 Å². The second-order valence-corrected chi connectivity index (χ2v) is 10.7. The summed E-state index contributed by atoms with van der Waals surface area (Å²) in [6.45, 7) is 8.59. The molecule has 0 amide bonds. The highest BCUT2D eigenvalue weighted by Gasteiger charge is 2.59. The number of hydrogen-bond acceptors (Lipinski definition) is 2. The summed E-state index contributed by atoms with van der Waals surface area (Å²) in [5.41, 5.74) is 0.862. The highest BCUT2D eigenvalue weighted by molar-refractivity contribution is 5.76. The molecule has 6 atom stereocenters. The minimum Gasteiger partial charge on any atom is -0.454 e. The number of esters is 1. The van der Waals surface area contributed by atoms with Crippen LogP contribution < -0.4 is 0 Å². The zero-order valence-corrected chi connectivity index (χ0v) is 17.4. The van der Waals surface area contributed by atoms with Crippen LogP contribution in [0.15, 0.2) is 11.6 Å². The maximum atomic E-state index is 13.3. The van der Waals surface area contributed by atoms with Crippen molar-refractivity contribution in [3.8, 4) is 0 Å². The van der Waals surface area contributed by atoms with Gasteiger partial charge in [-0.2, -0.15) is 0 Å². The third-order valence-electron chi connectivity index (χ3n) is 8.53. The molecular formula is C24H38O2. The van der Waals surface area contributed by atoms with Gasteiger partial charge in [-0.1, -0.05) is 19.9 Å². The lowest BCUT2D eigenvalue weighted by molar-refractivity contribution is -0.189. The molecule has 4 bridgehead atoms. The molecule has 2 nitrogen and oxygen atoms in total. The second kappa shape index (κ2) is 6.67. The molecule has 0 aromatic carbocycles. The van der Waals surface area contributed by atoms with Crippen LogP contribution in [0.5, 0.6) is 0 Å². The van der Waals surface area contributed by atoms with Gasteiger partial charge in [0.1, 0.15) is 5.60 Å². The van der Waals surface area contributed by atoms with Crippen LogP contribution >= 0.6 is 0 Å². The lowest BCUT2D eigenvalue weighted by Gasteiger charge is -2.54. The van der Waals surface area contributed by atoms with E-state index in [-0.39, 0.29) is 17.0 Å². The Morgan fingerprint density at radius 2 is 1.85 bits per heavy atom. The molecule has 0 aromatic heterocycles. The van der Waals surface area contributed by atoms with Crippen LogP contribution in [-0.4, -0.2) is 11.6 Å². The van der Waals surface area contributed by atoms with Crippen molar-refractivity contribution in [1.29, 1.82) is 0 Å². The highest BCUT2D eigenvalue weighted by atomic mass is 16.6. The minimum absolute atomic E-state index is 0.0481. The molecule has 2 heteroatoms. The van der Waals surface area contributed by atoms with Crippen LogP contribution in [0.3, 0.4) is 0 Å². The molecule has 0 aromatic rings. The van der Waals surface area contributed by atoms with Crippen LogP contribution in [0.2, 0.25) is 0 Å². The molecule has 6 unspecified atom stereocenters. The van der Waals surface area contributed by atoms with E-state index in [4.69, 9.17) is 4.74 Å². The Morgan fingerprint density at radius 3 is 2.54 bits per heavy atom. The van der Waals surface area contributed by atoms with Crippen molar-refractivity contribution in [2.75, 3.05) is 0 Å². The number of ether oxygens (including phenoxy) is 1. The van der Waals surface area contributed by atoms with E-state index in [0.717, 1.165) is 37.0 Å². The smallest absolute Gasteiger partial charge is 0.312 e. The first kappa shape index (κ1) is 18.6. The summed E-state index contributed by atoms with van der Waals surface area (Å²) < 4.78 is 6.72. The number of allylic oxidation sites excluding steroid dienone is 1. The third kappa shape index (κ3) is 2.96. The van der Waals surface area contributed by atoms with Gasteiger partial charge >= 0.3 is 5.97 Å². The van der Waals surface area contributed by atoms with Crippen LogP contribution in [0.1, 0.15) is 91.9 Å². The topological polar surface area (TPSA) is 26.3 Å². The number of fused-ring (bicyclic) bond motifs is 1. The van der Waals surface area contributed by atoms with E-state index >= 15 is 0 Å². The average molecular weight is 359 g/mol. The molecule has 0 radical (unpaired) electrons. The SMILES string of the molecule is CCC(C)(C)C(=O)OC1(C2=CCC(C)CC2)C2CCC3CC(C2)CC1C3. The molecule has 26 heavy (non-hydrogen) atoms. The summed E-state index contributed by atoms with van der Waals surface area (Å²) in [6, 6.07) is 0. The second-order valence-electron chi connectivity index (χ2n) is 10.7. The van der Waals surface area contributed by atoms with Gasteiger partial charge in [-0.05, 0) is 101 Å². The van der Waals surface area contributed by atoms with E-state index in [0.29, 0.717) is 11.8 Å². The van der Waals surface area contributed by atoms with E-state index < -0.39 is 0 Å². The molecule has 5 aliphatic carbocycles. The summed E-state index contributed by atoms with van der Waals surface area (Å²) >= 11 is 0. The molecule has 4 saturated carbocycles. The predicted molar refractivity (Wildman–Crippen MR) is 106 cm³/mol. The minimum atomic E-state index is -0.376. The molecule has 146 valence electrons. The molecule has 0 N–H and O–H groups in total. The standard InChI is InChI=1S/C24H38O2/c1-5-23(3,4)22(25)26-24(19-9-6-16(2)7-10-19)20-11-8-17-12-18(14-20)15-21(24)13-17/h9,16-18,20-21H,5-8,10-15H2,1-4H3. The fraction of sp³-hybridized carbons (Fsp3) is 0.875. The Balaban J connectivity index is 1.74. The first-order chi connectivity index (χ1) is 12.3. The maximum Gasteiger partial charge on any atom is 0.312 e. The van der Waals surface area contributed by atoms with E-state index in [1.165, 1.54) is 50.5 Å². The zero-order valence-electron chi connectivity index (χ0n) is 17.4. The van der Waals surface area contributed by atoms with Gasteiger partial charge < -0.3 is 4.74 Å². The highest BCUT2D eigenvalue weighted by Crippen LogP contribution is 2.61. The largest absolute Gasteiger partial charge is 0.454 e. The Morgan fingerprint density at radius 1 is 1.12 bits per heavy atom. The summed E-state index contributed by atoms with van der Waals surface area (Å²) in [5, 5.41) is 0. The number of carbonyl (C=O) groups is 1. The number of hydrogen-bond donors (Lipinski definition) is 0. The Labute approximate surface area is 160 Å². The van der Waals surface area contributed by atoms with Crippen LogP contribution in [0.25, 0.3) is 0 Å². The molecule has 0 spiro atoms. The molecular weight excluding hydrogens is 320 g/mol. The molecule has 5 aliphatic rings. The monoisotopic (exact) mass is 358 g/mol. The van der Waals surface area contributed by atoms with Crippen LogP contribution in [-0.2, 0) is 9.53 Å². The van der Waals surface area contributed by atoms with E-state index in [1.807, 2.05) is 0 Å². The third-order valence-corrected chi connectivity index (χ3v) is 8.53. The fourth-order valence-electron chi connectivity index (χ4n) is 6.54. The van der Waals surface area contributed by atoms with Crippen molar-refractivity contribution >= 4 is 5.97 Å².